The average molecular weight is 291 g/mol. The van der Waals surface area contributed by atoms with Gasteiger partial charge in [0.05, 0.1) is 5.56 Å². The number of carbonyl (C=O) groups is 2. The van der Waals surface area contributed by atoms with Crippen LogP contribution in [0.5, 0.6) is 0 Å². The molecule has 21 heavy (non-hydrogen) atoms. The first-order valence-corrected chi connectivity index (χ1v) is 7.25. The van der Waals surface area contributed by atoms with Crippen molar-refractivity contribution in [2.75, 3.05) is 31.1 Å². The Kier molecular flexibility index (Phi) is 5.16. The number of fused-ring (bicyclic) bond motifs is 1. The lowest BCUT2D eigenvalue weighted by molar-refractivity contribution is 0.0697. The van der Waals surface area contributed by atoms with E-state index in [1.54, 1.807) is 23.1 Å². The molecule has 0 atom stereocenters. The quantitative estimate of drug-likeness (QED) is 0.693. The van der Waals surface area contributed by atoms with Gasteiger partial charge in [-0.25, -0.2) is 9.59 Å². The molecule has 0 radical (unpaired) electrons. The van der Waals surface area contributed by atoms with Crippen LogP contribution in [0.25, 0.3) is 0 Å². The molecule has 0 aliphatic carbocycles. The van der Waals surface area contributed by atoms with E-state index in [2.05, 4.69) is 10.6 Å². The third-order valence-electron chi connectivity index (χ3n) is 3.53. The zero-order chi connectivity index (χ0) is 15.2. The van der Waals surface area contributed by atoms with Gasteiger partial charge in [-0.3, -0.25) is 4.90 Å². The highest BCUT2D eigenvalue weighted by Gasteiger charge is 2.25. The largest absolute Gasteiger partial charge is 0.478 e. The van der Waals surface area contributed by atoms with Gasteiger partial charge in [-0.2, -0.15) is 0 Å². The topological polar surface area (TPSA) is 81.7 Å². The maximum atomic E-state index is 12.2. The molecular formula is C15H21N3O3. The molecule has 0 unspecified atom stereocenters. The molecule has 1 aromatic carbocycles. The van der Waals surface area contributed by atoms with Crippen LogP contribution < -0.4 is 15.5 Å². The number of nitrogens with zero attached hydrogens (tertiary/aromatic N) is 1. The fourth-order valence-corrected chi connectivity index (χ4v) is 2.40. The smallest absolute Gasteiger partial charge is 0.335 e. The second-order valence-corrected chi connectivity index (χ2v) is 4.99. The lowest BCUT2D eigenvalue weighted by Gasteiger charge is -2.18. The number of carboxylic acid groups (broad SMARTS) is 1. The first-order chi connectivity index (χ1) is 10.1. The highest BCUT2D eigenvalue weighted by atomic mass is 16.4. The van der Waals surface area contributed by atoms with E-state index >= 15 is 0 Å². The van der Waals surface area contributed by atoms with Gasteiger partial charge in [0, 0.05) is 18.8 Å². The van der Waals surface area contributed by atoms with Crippen LogP contribution in [0.2, 0.25) is 0 Å². The van der Waals surface area contributed by atoms with Crippen molar-refractivity contribution >= 4 is 17.7 Å². The highest BCUT2D eigenvalue weighted by Crippen LogP contribution is 2.29. The minimum Gasteiger partial charge on any atom is -0.478 e. The summed E-state index contributed by atoms with van der Waals surface area (Å²) >= 11 is 0. The van der Waals surface area contributed by atoms with E-state index in [9.17, 15) is 9.59 Å². The van der Waals surface area contributed by atoms with Crippen LogP contribution in [0, 0.1) is 0 Å². The van der Waals surface area contributed by atoms with Crippen molar-refractivity contribution in [3.8, 4) is 0 Å². The SMILES string of the molecule is CCNCCCNC(=O)N1CCc2ccc(C(=O)O)cc21. The Labute approximate surface area is 124 Å². The molecule has 114 valence electrons. The normalized spacial score (nSPS) is 13.1. The molecule has 0 spiro atoms. The third-order valence-corrected chi connectivity index (χ3v) is 3.53. The van der Waals surface area contributed by atoms with Crippen LogP contribution in [0.15, 0.2) is 18.2 Å². The standard InChI is InChI=1S/C15H21N3O3/c1-2-16-7-3-8-17-15(21)18-9-6-11-4-5-12(14(19)20)10-13(11)18/h4-5,10,16H,2-3,6-9H2,1H3,(H,17,21)(H,19,20). The molecule has 6 heteroatoms. The lowest BCUT2D eigenvalue weighted by atomic mass is 10.1. The summed E-state index contributed by atoms with van der Waals surface area (Å²) in [6.07, 6.45) is 1.63. The third kappa shape index (κ3) is 3.72. The second kappa shape index (κ2) is 7.08. The number of carboxylic acids is 1. The summed E-state index contributed by atoms with van der Waals surface area (Å²) in [5, 5.41) is 15.1. The van der Waals surface area contributed by atoms with E-state index < -0.39 is 5.97 Å². The first-order valence-electron chi connectivity index (χ1n) is 7.25. The highest BCUT2D eigenvalue weighted by molar-refractivity contribution is 5.96. The van der Waals surface area contributed by atoms with Crippen molar-refractivity contribution in [3.05, 3.63) is 29.3 Å². The number of benzene rings is 1. The van der Waals surface area contributed by atoms with Crippen molar-refractivity contribution < 1.29 is 14.7 Å². The molecule has 0 saturated heterocycles. The molecule has 3 N–H and O–H groups in total. The molecule has 0 saturated carbocycles. The van der Waals surface area contributed by atoms with Gasteiger partial charge in [0.15, 0.2) is 0 Å². The van der Waals surface area contributed by atoms with Crippen LogP contribution in [-0.2, 0) is 6.42 Å². The Morgan fingerprint density at radius 1 is 1.33 bits per heavy atom. The van der Waals surface area contributed by atoms with E-state index in [1.165, 1.54) is 0 Å². The Hall–Kier alpha value is -2.08. The number of hydrogen-bond acceptors (Lipinski definition) is 3. The van der Waals surface area contributed by atoms with Gasteiger partial charge in [-0.15, -0.1) is 0 Å². The average Bonchev–Trinajstić information content (AvgIpc) is 2.89. The number of amides is 2. The Morgan fingerprint density at radius 3 is 2.86 bits per heavy atom. The molecule has 1 heterocycles. The molecule has 0 bridgehead atoms. The molecular weight excluding hydrogens is 270 g/mol. The van der Waals surface area contributed by atoms with Gasteiger partial charge < -0.3 is 15.7 Å². The molecule has 0 fully saturated rings. The molecule has 1 aliphatic rings. The van der Waals surface area contributed by atoms with Crippen LogP contribution in [-0.4, -0.2) is 43.3 Å². The van der Waals surface area contributed by atoms with Crippen molar-refractivity contribution in [2.45, 2.75) is 19.8 Å². The van der Waals surface area contributed by atoms with Gasteiger partial charge in [-0.05, 0) is 43.6 Å². The minimum absolute atomic E-state index is 0.159. The molecule has 2 rings (SSSR count). The fraction of sp³-hybridized carbons (Fsp3) is 0.467. The molecule has 2 amide bonds. The lowest BCUT2D eigenvalue weighted by Crippen LogP contribution is -2.40. The van der Waals surface area contributed by atoms with E-state index in [-0.39, 0.29) is 11.6 Å². The van der Waals surface area contributed by atoms with Crippen LogP contribution in [0.1, 0.15) is 29.3 Å². The Morgan fingerprint density at radius 2 is 2.14 bits per heavy atom. The summed E-state index contributed by atoms with van der Waals surface area (Å²) in [6.45, 7) is 5.04. The van der Waals surface area contributed by atoms with E-state index in [0.29, 0.717) is 18.8 Å². The number of urea groups is 1. The monoisotopic (exact) mass is 291 g/mol. The number of rotatable bonds is 6. The number of anilines is 1. The zero-order valence-corrected chi connectivity index (χ0v) is 12.2. The summed E-state index contributed by atoms with van der Waals surface area (Å²) in [4.78, 5) is 24.8. The molecule has 1 aliphatic heterocycles. The molecule has 6 nitrogen and oxygen atoms in total. The number of nitrogens with one attached hydrogen (secondary N) is 2. The summed E-state index contributed by atoms with van der Waals surface area (Å²) in [7, 11) is 0. The van der Waals surface area contributed by atoms with Crippen molar-refractivity contribution in [2.24, 2.45) is 0 Å². The van der Waals surface area contributed by atoms with Gasteiger partial charge in [0.25, 0.3) is 0 Å². The summed E-state index contributed by atoms with van der Waals surface area (Å²) < 4.78 is 0. The maximum Gasteiger partial charge on any atom is 0.335 e. The van der Waals surface area contributed by atoms with Crippen LogP contribution in [0.3, 0.4) is 0 Å². The predicted octanol–water partition coefficient (Wildman–Crippen LogP) is 1.46. The fourth-order valence-electron chi connectivity index (χ4n) is 2.40. The maximum absolute atomic E-state index is 12.2. The Bertz CT molecular complexity index is 531. The summed E-state index contributed by atoms with van der Waals surface area (Å²) in [5.74, 6) is -0.976. The van der Waals surface area contributed by atoms with Gasteiger partial charge in [0.1, 0.15) is 0 Å². The van der Waals surface area contributed by atoms with E-state index in [4.69, 9.17) is 5.11 Å². The van der Waals surface area contributed by atoms with Crippen LogP contribution in [0.4, 0.5) is 10.5 Å². The number of carbonyl (C=O) groups excluding carboxylic acids is 1. The Balaban J connectivity index is 1.96. The number of aromatic carboxylic acids is 1. The predicted molar refractivity (Wildman–Crippen MR) is 81.0 cm³/mol. The van der Waals surface area contributed by atoms with E-state index in [1.807, 2.05) is 6.92 Å². The van der Waals surface area contributed by atoms with Gasteiger partial charge in [-0.1, -0.05) is 13.0 Å². The van der Waals surface area contributed by atoms with Crippen molar-refractivity contribution in [1.29, 1.82) is 0 Å². The second-order valence-electron chi connectivity index (χ2n) is 4.99. The van der Waals surface area contributed by atoms with Gasteiger partial charge in [0.2, 0.25) is 0 Å². The minimum atomic E-state index is -0.976. The van der Waals surface area contributed by atoms with Crippen molar-refractivity contribution in [3.63, 3.8) is 0 Å². The zero-order valence-electron chi connectivity index (χ0n) is 12.2. The van der Waals surface area contributed by atoms with Crippen molar-refractivity contribution in [1.82, 2.24) is 10.6 Å². The van der Waals surface area contributed by atoms with E-state index in [0.717, 1.165) is 31.5 Å². The summed E-state index contributed by atoms with van der Waals surface area (Å²) in [5.41, 5.74) is 1.93. The molecule has 1 aromatic rings. The van der Waals surface area contributed by atoms with Crippen LogP contribution >= 0.6 is 0 Å². The molecule has 0 aromatic heterocycles. The number of hydrogen-bond donors (Lipinski definition) is 3. The van der Waals surface area contributed by atoms with Gasteiger partial charge >= 0.3 is 12.0 Å². The first kappa shape index (κ1) is 15.3. The summed E-state index contributed by atoms with van der Waals surface area (Å²) in [6, 6.07) is 4.78.